The maximum absolute atomic E-state index is 12.5. The fourth-order valence-electron chi connectivity index (χ4n) is 2.03. The van der Waals surface area contributed by atoms with Crippen molar-refractivity contribution in [2.45, 2.75) is 31.8 Å². The van der Waals surface area contributed by atoms with Crippen LogP contribution >= 0.6 is 36.6 Å². The van der Waals surface area contributed by atoms with E-state index in [4.69, 9.17) is 5.73 Å². The minimum Gasteiger partial charge on any atom is -0.467 e. The SMILES string of the molecule is COC(=O)C(CSC(=O)C(Cc1cnc[nH]1)NC(=O)CCN)NC(C)=O.Cl.Cl. The molecule has 28 heavy (non-hydrogen) atoms. The Hall–Kier alpha value is -1.82. The highest BCUT2D eigenvalue weighted by Gasteiger charge is 2.26. The summed E-state index contributed by atoms with van der Waals surface area (Å²) in [4.78, 5) is 54.0. The van der Waals surface area contributed by atoms with Crippen LogP contribution in [0.1, 0.15) is 19.0 Å². The Morgan fingerprint density at radius 1 is 1.25 bits per heavy atom. The largest absolute Gasteiger partial charge is 0.467 e. The number of amides is 2. The molecule has 0 aliphatic carbocycles. The first-order valence-electron chi connectivity index (χ1n) is 7.85. The smallest absolute Gasteiger partial charge is 0.329 e. The number of hydrogen-bond acceptors (Lipinski definition) is 8. The topological polar surface area (TPSA) is 156 Å². The van der Waals surface area contributed by atoms with Crippen molar-refractivity contribution in [3.8, 4) is 0 Å². The molecule has 2 unspecified atom stereocenters. The number of imidazole rings is 1. The molecule has 5 N–H and O–H groups in total. The van der Waals surface area contributed by atoms with Gasteiger partial charge in [0, 0.05) is 44.0 Å². The molecule has 13 heteroatoms. The molecular weight excluding hydrogens is 433 g/mol. The number of hydrogen-bond donors (Lipinski definition) is 4. The number of aromatic nitrogens is 2. The van der Waals surface area contributed by atoms with Gasteiger partial charge in [0.2, 0.25) is 16.9 Å². The van der Waals surface area contributed by atoms with E-state index in [1.807, 2.05) is 0 Å². The Labute approximate surface area is 179 Å². The predicted molar refractivity (Wildman–Crippen MR) is 109 cm³/mol. The Morgan fingerprint density at radius 3 is 2.43 bits per heavy atom. The normalized spacial score (nSPS) is 11.8. The minimum absolute atomic E-state index is 0. The van der Waals surface area contributed by atoms with E-state index in [1.165, 1.54) is 20.4 Å². The van der Waals surface area contributed by atoms with Gasteiger partial charge in [-0.2, -0.15) is 0 Å². The van der Waals surface area contributed by atoms with Crippen molar-refractivity contribution in [1.29, 1.82) is 0 Å². The third-order valence-corrected chi connectivity index (χ3v) is 4.29. The van der Waals surface area contributed by atoms with E-state index in [0.717, 1.165) is 11.8 Å². The molecule has 0 spiro atoms. The Balaban J connectivity index is 0. The van der Waals surface area contributed by atoms with Gasteiger partial charge in [0.25, 0.3) is 0 Å². The minimum atomic E-state index is -0.959. The van der Waals surface area contributed by atoms with Gasteiger partial charge in [-0.15, -0.1) is 24.8 Å². The van der Waals surface area contributed by atoms with Crippen molar-refractivity contribution in [3.05, 3.63) is 18.2 Å². The second-order valence-corrected chi connectivity index (χ2v) is 6.37. The average Bonchev–Trinajstić information content (AvgIpc) is 3.10. The third-order valence-electron chi connectivity index (χ3n) is 3.23. The van der Waals surface area contributed by atoms with Crippen LogP contribution in [-0.2, 0) is 30.3 Å². The zero-order chi connectivity index (χ0) is 19.5. The van der Waals surface area contributed by atoms with Crippen molar-refractivity contribution in [2.75, 3.05) is 19.4 Å². The molecule has 0 aliphatic rings. The highest BCUT2D eigenvalue weighted by Crippen LogP contribution is 2.12. The molecule has 1 rings (SSSR count). The van der Waals surface area contributed by atoms with E-state index in [9.17, 15) is 19.2 Å². The van der Waals surface area contributed by atoms with Crippen LogP contribution in [0.2, 0.25) is 0 Å². The quantitative estimate of drug-likeness (QED) is 0.344. The van der Waals surface area contributed by atoms with Gasteiger partial charge in [-0.05, 0) is 0 Å². The van der Waals surface area contributed by atoms with Gasteiger partial charge < -0.3 is 26.1 Å². The average molecular weight is 458 g/mol. The van der Waals surface area contributed by atoms with Gasteiger partial charge in [0.1, 0.15) is 12.1 Å². The summed E-state index contributed by atoms with van der Waals surface area (Å²) in [6, 6.07) is -1.78. The van der Waals surface area contributed by atoms with Gasteiger partial charge in [0.15, 0.2) is 0 Å². The Kier molecular flexibility index (Phi) is 15.4. The second kappa shape index (κ2) is 15.1. The molecule has 0 saturated heterocycles. The summed E-state index contributed by atoms with van der Waals surface area (Å²) >= 11 is 0.826. The highest BCUT2D eigenvalue weighted by atomic mass is 35.5. The maximum Gasteiger partial charge on any atom is 0.329 e. The third kappa shape index (κ3) is 10.5. The number of ether oxygens (including phenoxy) is 1. The number of carbonyl (C=O) groups is 4. The molecule has 1 aromatic heterocycles. The molecule has 1 aromatic rings. The van der Waals surface area contributed by atoms with E-state index >= 15 is 0 Å². The van der Waals surface area contributed by atoms with E-state index in [-0.39, 0.29) is 61.0 Å². The summed E-state index contributed by atoms with van der Waals surface area (Å²) in [7, 11) is 1.19. The van der Waals surface area contributed by atoms with Crippen LogP contribution < -0.4 is 16.4 Å². The number of nitrogens with two attached hydrogens (primary N) is 1. The lowest BCUT2D eigenvalue weighted by molar-refractivity contribution is -0.144. The van der Waals surface area contributed by atoms with Crippen LogP contribution in [0, 0.1) is 0 Å². The summed E-state index contributed by atoms with van der Waals surface area (Å²) in [6.45, 7) is 1.42. The molecule has 2 atom stereocenters. The van der Waals surface area contributed by atoms with Crippen LogP contribution in [0.25, 0.3) is 0 Å². The molecule has 0 fully saturated rings. The number of nitrogens with one attached hydrogen (secondary N) is 3. The summed E-state index contributed by atoms with van der Waals surface area (Å²) in [5, 5.41) is 4.69. The molecule has 0 bridgehead atoms. The maximum atomic E-state index is 12.5. The van der Waals surface area contributed by atoms with Crippen molar-refractivity contribution < 1.29 is 23.9 Å². The highest BCUT2D eigenvalue weighted by molar-refractivity contribution is 8.13. The molecular formula is C15H25Cl2N5O5S. The Bertz CT molecular complexity index is 632. The summed E-state index contributed by atoms with van der Waals surface area (Å²) in [5.74, 6) is -1.44. The van der Waals surface area contributed by atoms with Gasteiger partial charge in [-0.1, -0.05) is 11.8 Å². The Morgan fingerprint density at radius 2 is 1.93 bits per heavy atom. The lowest BCUT2D eigenvalue weighted by Crippen LogP contribution is -2.45. The molecule has 1 heterocycles. The first kappa shape index (κ1) is 28.4. The van der Waals surface area contributed by atoms with Gasteiger partial charge in [-0.3, -0.25) is 14.4 Å². The van der Waals surface area contributed by atoms with Crippen LogP contribution in [0.3, 0.4) is 0 Å². The van der Waals surface area contributed by atoms with Crippen molar-refractivity contribution in [1.82, 2.24) is 20.6 Å². The van der Waals surface area contributed by atoms with Crippen molar-refractivity contribution in [2.24, 2.45) is 5.73 Å². The number of halogens is 2. The van der Waals surface area contributed by atoms with E-state index in [0.29, 0.717) is 5.69 Å². The first-order valence-corrected chi connectivity index (χ1v) is 8.84. The zero-order valence-corrected chi connectivity index (χ0v) is 17.9. The van der Waals surface area contributed by atoms with Crippen LogP contribution in [0.5, 0.6) is 0 Å². The van der Waals surface area contributed by atoms with E-state index in [2.05, 4.69) is 25.3 Å². The van der Waals surface area contributed by atoms with E-state index in [1.54, 1.807) is 6.20 Å². The lowest BCUT2D eigenvalue weighted by Gasteiger charge is -2.19. The zero-order valence-electron chi connectivity index (χ0n) is 15.4. The molecule has 2 amide bonds. The van der Waals surface area contributed by atoms with E-state index < -0.39 is 24.0 Å². The standard InChI is InChI=1S/C15H23N5O5S.2ClH/c1-9(21)19-12(14(23)25-2)7-26-15(24)11(20-13(22)3-4-16)5-10-6-17-8-18-10;;/h6,8,11-12H,3-5,7,16H2,1-2H3,(H,17,18)(H,19,21)(H,20,22);2*1H. The monoisotopic (exact) mass is 457 g/mol. The first-order chi connectivity index (χ1) is 12.4. The molecule has 0 aromatic carbocycles. The molecule has 0 saturated carbocycles. The summed E-state index contributed by atoms with van der Waals surface area (Å²) in [5.41, 5.74) is 6.02. The van der Waals surface area contributed by atoms with Crippen LogP contribution in [0.15, 0.2) is 12.5 Å². The predicted octanol–water partition coefficient (Wildman–Crippen LogP) is -0.433. The molecule has 160 valence electrons. The fourth-order valence-corrected chi connectivity index (χ4v) is 2.92. The van der Waals surface area contributed by atoms with Gasteiger partial charge in [-0.25, -0.2) is 9.78 Å². The van der Waals surface area contributed by atoms with Crippen molar-refractivity contribution in [3.63, 3.8) is 0 Å². The summed E-state index contributed by atoms with van der Waals surface area (Å²) in [6.07, 6.45) is 3.32. The van der Waals surface area contributed by atoms with Crippen LogP contribution in [-0.4, -0.2) is 64.4 Å². The number of aromatic amines is 1. The number of carbonyl (C=O) groups excluding carboxylic acids is 4. The number of nitrogens with zero attached hydrogens (tertiary/aromatic N) is 1. The molecule has 0 aliphatic heterocycles. The molecule has 10 nitrogen and oxygen atoms in total. The fraction of sp³-hybridized carbons (Fsp3) is 0.533. The number of thioether (sulfide) groups is 1. The number of rotatable bonds is 10. The van der Waals surface area contributed by atoms with Crippen molar-refractivity contribution >= 4 is 59.5 Å². The number of esters is 1. The number of H-pyrrole nitrogens is 1. The number of methoxy groups -OCH3 is 1. The van der Waals surface area contributed by atoms with Crippen LogP contribution in [0.4, 0.5) is 0 Å². The van der Waals surface area contributed by atoms with Gasteiger partial charge in [0.05, 0.1) is 13.4 Å². The summed E-state index contributed by atoms with van der Waals surface area (Å²) < 4.78 is 4.61. The molecule has 0 radical (unpaired) electrons. The lowest BCUT2D eigenvalue weighted by atomic mass is 10.2. The van der Waals surface area contributed by atoms with Gasteiger partial charge >= 0.3 is 5.97 Å². The second-order valence-electron chi connectivity index (χ2n) is 5.35.